The molecule has 2 aliphatic heterocycles. The van der Waals surface area contributed by atoms with E-state index in [1.165, 1.54) is 37.3 Å². The molecule has 0 aromatic carbocycles. The summed E-state index contributed by atoms with van der Waals surface area (Å²) in [7, 11) is 0. The van der Waals surface area contributed by atoms with Gasteiger partial charge in [0.2, 0.25) is 0 Å². The van der Waals surface area contributed by atoms with Crippen molar-refractivity contribution >= 4 is 0 Å². The minimum Gasteiger partial charge on any atom is -0.394 e. The second kappa shape index (κ2) is 45.4. The van der Waals surface area contributed by atoms with Gasteiger partial charge < -0.3 is 127 Å². The van der Waals surface area contributed by atoms with E-state index in [1.807, 2.05) is 0 Å². The molecular formula is C66H114O25. The highest BCUT2D eigenvalue weighted by atomic mass is 16.6. The number of aliphatic hydroxyl groups is 23. The van der Waals surface area contributed by atoms with Gasteiger partial charge in [-0.05, 0) is 122 Å². The van der Waals surface area contributed by atoms with E-state index < -0.39 is 171 Å². The first-order valence-corrected chi connectivity index (χ1v) is 32.1. The third kappa shape index (κ3) is 32.0. The van der Waals surface area contributed by atoms with Gasteiger partial charge in [-0.15, -0.1) is 6.58 Å². The summed E-state index contributed by atoms with van der Waals surface area (Å²) in [6.45, 7) is 10.1. The third-order valence-corrected chi connectivity index (χ3v) is 16.9. The lowest BCUT2D eigenvalue weighted by Gasteiger charge is -2.42. The Labute approximate surface area is 535 Å². The summed E-state index contributed by atoms with van der Waals surface area (Å²) in [5.41, 5.74) is 0.409. The summed E-state index contributed by atoms with van der Waals surface area (Å²) in [5, 5.41) is 243. The zero-order valence-corrected chi connectivity index (χ0v) is 52.9. The summed E-state index contributed by atoms with van der Waals surface area (Å²) in [6.07, 6.45) is -14.1. The van der Waals surface area contributed by atoms with E-state index in [2.05, 4.69) is 13.2 Å². The molecule has 2 rings (SSSR count). The number of aliphatic hydroxyl groups excluding tert-OH is 23. The maximum absolute atomic E-state index is 11.2. The molecule has 0 aromatic heterocycles. The molecule has 0 aromatic rings. The van der Waals surface area contributed by atoms with Crippen LogP contribution in [0.5, 0.6) is 0 Å². The highest BCUT2D eigenvalue weighted by Crippen LogP contribution is 2.32. The lowest BCUT2D eigenvalue weighted by molar-refractivity contribution is -0.234. The molecule has 0 amide bonds. The Morgan fingerprint density at radius 3 is 1.63 bits per heavy atom. The van der Waals surface area contributed by atoms with Gasteiger partial charge in [-0.2, -0.15) is 0 Å². The largest absolute Gasteiger partial charge is 0.394 e. The number of ether oxygens (including phenoxy) is 2. The van der Waals surface area contributed by atoms with Crippen LogP contribution in [0.3, 0.4) is 0 Å². The minimum atomic E-state index is -1.86. The summed E-state index contributed by atoms with van der Waals surface area (Å²) in [4.78, 5) is 0. The van der Waals surface area contributed by atoms with Crippen LogP contribution in [0.1, 0.15) is 142 Å². The van der Waals surface area contributed by atoms with E-state index in [9.17, 15) is 112 Å². The van der Waals surface area contributed by atoms with Crippen LogP contribution in [-0.2, 0) is 9.47 Å². The van der Waals surface area contributed by atoms with Crippen LogP contribution in [-0.4, -0.2) is 283 Å². The molecule has 528 valence electrons. The zero-order valence-electron chi connectivity index (χ0n) is 52.9. The van der Waals surface area contributed by atoms with Crippen molar-refractivity contribution in [1.29, 1.82) is 0 Å². The molecule has 0 spiro atoms. The summed E-state index contributed by atoms with van der Waals surface area (Å²) < 4.78 is 11.6. The summed E-state index contributed by atoms with van der Waals surface area (Å²) in [6, 6.07) is 0. The molecule has 2 saturated heterocycles. The van der Waals surface area contributed by atoms with Gasteiger partial charge in [0.15, 0.2) is 0 Å². The monoisotopic (exact) mass is 1310 g/mol. The average Bonchev–Trinajstić information content (AvgIpc) is 0.910. The fourth-order valence-corrected chi connectivity index (χ4v) is 10.8. The Kier molecular flexibility index (Phi) is 41.9. The van der Waals surface area contributed by atoms with Gasteiger partial charge in [-0.1, -0.05) is 92.0 Å². The minimum absolute atomic E-state index is 0.00271. The molecule has 0 bridgehead atoms. The first-order valence-electron chi connectivity index (χ1n) is 32.1. The molecule has 27 unspecified atom stereocenters. The van der Waals surface area contributed by atoms with Crippen molar-refractivity contribution < 1.29 is 127 Å². The van der Waals surface area contributed by atoms with Crippen molar-refractivity contribution in [2.45, 2.75) is 301 Å². The van der Waals surface area contributed by atoms with Gasteiger partial charge in [0.05, 0.1) is 104 Å². The van der Waals surface area contributed by atoms with Crippen LogP contribution in [0.15, 0.2) is 97.2 Å². The molecule has 27 atom stereocenters. The predicted octanol–water partition coefficient (Wildman–Crippen LogP) is -1.64. The predicted molar refractivity (Wildman–Crippen MR) is 337 cm³/mol. The Hall–Kier alpha value is -3.08. The van der Waals surface area contributed by atoms with E-state index >= 15 is 0 Å². The fraction of sp³-hybridized carbons (Fsp3) is 0.758. The Morgan fingerprint density at radius 2 is 1.03 bits per heavy atom. The number of allylic oxidation sites excluding steroid dienone is 5. The van der Waals surface area contributed by atoms with Gasteiger partial charge in [-0.3, -0.25) is 0 Å². The van der Waals surface area contributed by atoms with Gasteiger partial charge in [-0.25, -0.2) is 0 Å². The van der Waals surface area contributed by atoms with Crippen LogP contribution in [0.4, 0.5) is 0 Å². The summed E-state index contributed by atoms with van der Waals surface area (Å²) >= 11 is 0. The topological polar surface area (TPSA) is 484 Å². The van der Waals surface area contributed by atoms with Crippen molar-refractivity contribution in [3.63, 3.8) is 0 Å². The Balaban J connectivity index is 1.83. The second-order valence-electron chi connectivity index (χ2n) is 24.9. The normalized spacial score (nSPS) is 27.8. The SMILES string of the molecule is C=CCCC(O)/C=C/C=C/C(O)CC/C=C/C(O)C(O)C1OC(C(O)C(O)C(=C)CCC(O)C2CC(O)C(O)C(C(O)C(O)/C=C(\C)CCC(O)CC(O)C(O)C(C)C(O)C(O)C/C=C/CC(O)/C=C/CC(O)CCCC(O)CCCC(O)CO)O2)CC(O)C1O. The number of rotatable bonds is 47. The van der Waals surface area contributed by atoms with E-state index in [0.717, 1.165) is 0 Å². The molecule has 0 radical (unpaired) electrons. The van der Waals surface area contributed by atoms with E-state index in [0.29, 0.717) is 56.9 Å². The van der Waals surface area contributed by atoms with Gasteiger partial charge in [0, 0.05) is 25.2 Å². The van der Waals surface area contributed by atoms with Crippen molar-refractivity contribution in [2.75, 3.05) is 6.61 Å². The molecule has 25 nitrogen and oxygen atoms in total. The van der Waals surface area contributed by atoms with Crippen molar-refractivity contribution in [1.82, 2.24) is 0 Å². The Morgan fingerprint density at radius 1 is 0.505 bits per heavy atom. The van der Waals surface area contributed by atoms with Crippen LogP contribution in [0, 0.1) is 5.92 Å². The molecule has 23 N–H and O–H groups in total. The van der Waals surface area contributed by atoms with Crippen molar-refractivity contribution in [2.24, 2.45) is 5.92 Å². The van der Waals surface area contributed by atoms with Crippen LogP contribution < -0.4 is 0 Å². The molecule has 0 aliphatic carbocycles. The van der Waals surface area contributed by atoms with Crippen LogP contribution in [0.25, 0.3) is 0 Å². The quantitative estimate of drug-likeness (QED) is 0.0240. The molecule has 0 saturated carbocycles. The standard InChI is InChI=1S/C66H114O25/c1-5-6-16-41(68)17-7-8-18-42(69)19-10-12-28-50(77)60(85)65-63(88)54(81)36-56(91-65)64(89)57(82)39(3)30-32-48(75)55-35-53(80)62(87)66(90-55)61(86)51(78)33-38(2)29-31-46(73)34-52(79)59(84)40(4)58(83)49(76)27-11-9-20-43(70)21-13-22-44(71)23-14-24-45(72)25-15-26-47(74)37-67/h5,7-9,11-13,17-18,21,28,33,40-89H,1,3,6,10,14-16,19-20,22-27,29-32,34-37H2,2,4H3/b11-9+,17-7+,18-8+,21-13+,28-12+,38-33+. The first kappa shape index (κ1) is 84.0. The maximum atomic E-state index is 11.2. The van der Waals surface area contributed by atoms with Crippen molar-refractivity contribution in [3.8, 4) is 0 Å². The average molecular weight is 1310 g/mol. The molecule has 2 heterocycles. The molecular weight excluding hydrogens is 1190 g/mol. The van der Waals surface area contributed by atoms with Gasteiger partial charge in [0.1, 0.15) is 61.0 Å². The number of hydrogen-bond acceptors (Lipinski definition) is 25. The van der Waals surface area contributed by atoms with Crippen molar-refractivity contribution in [3.05, 3.63) is 97.2 Å². The van der Waals surface area contributed by atoms with Gasteiger partial charge in [0.25, 0.3) is 0 Å². The van der Waals surface area contributed by atoms with Crippen LogP contribution >= 0.6 is 0 Å². The third-order valence-electron chi connectivity index (χ3n) is 16.9. The highest BCUT2D eigenvalue weighted by molar-refractivity contribution is 5.11. The molecule has 25 heteroatoms. The maximum Gasteiger partial charge on any atom is 0.115 e. The lowest BCUT2D eigenvalue weighted by Crippen LogP contribution is -2.59. The smallest absolute Gasteiger partial charge is 0.115 e. The van der Waals surface area contributed by atoms with Crippen LogP contribution in [0.2, 0.25) is 0 Å². The highest BCUT2D eigenvalue weighted by Gasteiger charge is 2.47. The first-order chi connectivity index (χ1) is 42.9. The lowest BCUT2D eigenvalue weighted by atomic mass is 9.86. The van der Waals surface area contributed by atoms with E-state index in [1.54, 1.807) is 49.5 Å². The van der Waals surface area contributed by atoms with E-state index in [-0.39, 0.29) is 82.8 Å². The van der Waals surface area contributed by atoms with Gasteiger partial charge >= 0.3 is 0 Å². The molecule has 91 heavy (non-hydrogen) atoms. The molecule has 2 aliphatic rings. The number of hydrogen-bond donors (Lipinski definition) is 23. The Bertz CT molecular complexity index is 2140. The zero-order chi connectivity index (χ0) is 68.5. The fourth-order valence-electron chi connectivity index (χ4n) is 10.8. The molecule has 2 fully saturated rings. The second-order valence-corrected chi connectivity index (χ2v) is 24.9. The van der Waals surface area contributed by atoms with E-state index in [4.69, 9.17) is 14.6 Å². The summed E-state index contributed by atoms with van der Waals surface area (Å²) in [5.74, 6) is -1.05.